The van der Waals surface area contributed by atoms with Crippen LogP contribution in [0.15, 0.2) is 0 Å². The Bertz CT molecular complexity index is 393. The van der Waals surface area contributed by atoms with Gasteiger partial charge in [-0.1, -0.05) is 27.2 Å². The second-order valence-electron chi connectivity index (χ2n) is 6.91. The molecule has 2 amide bonds. The molecule has 0 aromatic heterocycles. The number of likely N-dealkylation sites (tertiary alicyclic amines) is 1. The number of amides is 2. The Morgan fingerprint density at radius 2 is 1.95 bits per heavy atom. The van der Waals surface area contributed by atoms with E-state index in [0.717, 1.165) is 32.2 Å². The van der Waals surface area contributed by atoms with Gasteiger partial charge in [0.25, 0.3) is 0 Å². The molecule has 1 aliphatic carbocycles. The summed E-state index contributed by atoms with van der Waals surface area (Å²) in [6, 6.07) is -0.379. The molecule has 1 saturated carbocycles. The maximum absolute atomic E-state index is 12.8. The Kier molecular flexibility index (Phi) is 5.12. The fraction of sp³-hybridized carbons (Fsp3) is 0.875. The Hall–Kier alpha value is -1.26. The number of carboxylic acid groups (broad SMARTS) is 1. The second kappa shape index (κ2) is 6.67. The van der Waals surface area contributed by atoms with Crippen LogP contribution in [-0.4, -0.2) is 52.1 Å². The molecule has 0 spiro atoms. The summed E-state index contributed by atoms with van der Waals surface area (Å²) in [5.74, 6) is -0.0255. The van der Waals surface area contributed by atoms with Gasteiger partial charge in [-0.3, -0.25) is 0 Å². The molecule has 2 unspecified atom stereocenters. The Labute approximate surface area is 127 Å². The number of aliphatic carboxylic acids is 1. The third-order valence-corrected chi connectivity index (χ3v) is 4.61. The van der Waals surface area contributed by atoms with Crippen LogP contribution in [0.2, 0.25) is 0 Å². The number of hydrogen-bond acceptors (Lipinski definition) is 2. The van der Waals surface area contributed by atoms with Crippen molar-refractivity contribution in [3.63, 3.8) is 0 Å². The molecule has 1 aliphatic heterocycles. The van der Waals surface area contributed by atoms with Crippen LogP contribution in [0.1, 0.15) is 52.9 Å². The number of carbonyl (C=O) groups is 2. The van der Waals surface area contributed by atoms with Crippen LogP contribution >= 0.6 is 0 Å². The minimum absolute atomic E-state index is 0.0619. The number of carbonyl (C=O) groups excluding carboxylic acids is 1. The van der Waals surface area contributed by atoms with E-state index in [2.05, 4.69) is 20.8 Å². The molecule has 2 rings (SSSR count). The highest BCUT2D eigenvalue weighted by Gasteiger charge is 2.41. The smallest absolute Gasteiger partial charge is 0.326 e. The van der Waals surface area contributed by atoms with Crippen LogP contribution < -0.4 is 0 Å². The highest BCUT2D eigenvalue weighted by molar-refractivity contribution is 5.83. The second-order valence-corrected chi connectivity index (χ2v) is 6.91. The summed E-state index contributed by atoms with van der Waals surface area (Å²) in [5.41, 5.74) is 0. The molecule has 0 radical (unpaired) electrons. The minimum atomic E-state index is -0.859. The van der Waals surface area contributed by atoms with Crippen LogP contribution in [-0.2, 0) is 4.79 Å². The van der Waals surface area contributed by atoms with Crippen LogP contribution in [0.5, 0.6) is 0 Å². The Morgan fingerprint density at radius 3 is 2.43 bits per heavy atom. The first-order valence-corrected chi connectivity index (χ1v) is 8.24. The molecule has 21 heavy (non-hydrogen) atoms. The van der Waals surface area contributed by atoms with E-state index in [-0.39, 0.29) is 6.03 Å². The molecule has 120 valence electrons. The van der Waals surface area contributed by atoms with Crippen LogP contribution in [0.4, 0.5) is 4.79 Å². The van der Waals surface area contributed by atoms with E-state index in [0.29, 0.717) is 30.8 Å². The fourth-order valence-electron chi connectivity index (χ4n) is 3.20. The molecular weight excluding hydrogens is 268 g/mol. The predicted molar refractivity (Wildman–Crippen MR) is 81.1 cm³/mol. The van der Waals surface area contributed by atoms with E-state index >= 15 is 0 Å². The molecule has 0 bridgehead atoms. The zero-order chi connectivity index (χ0) is 15.6. The summed E-state index contributed by atoms with van der Waals surface area (Å²) in [6.45, 7) is 7.59. The standard InChI is InChI=1S/C16H28N2O3/c1-4-12-7-8-17(14(9-12)15(19)20)16(21)18(10-11(2)3)13-5-6-13/h11-14H,4-10H2,1-3H3,(H,19,20). The third kappa shape index (κ3) is 3.89. The Balaban J connectivity index is 2.09. The number of urea groups is 1. The molecule has 0 aromatic carbocycles. The van der Waals surface area contributed by atoms with Crippen molar-refractivity contribution < 1.29 is 14.7 Å². The fourth-order valence-corrected chi connectivity index (χ4v) is 3.20. The summed E-state index contributed by atoms with van der Waals surface area (Å²) >= 11 is 0. The number of nitrogens with zero attached hydrogens (tertiary/aromatic N) is 2. The molecule has 2 fully saturated rings. The molecule has 0 aromatic rings. The highest BCUT2D eigenvalue weighted by Crippen LogP contribution is 2.32. The molecule has 2 aliphatic rings. The molecule has 1 N–H and O–H groups in total. The van der Waals surface area contributed by atoms with E-state index in [1.807, 2.05) is 4.90 Å². The van der Waals surface area contributed by atoms with Crippen molar-refractivity contribution in [2.75, 3.05) is 13.1 Å². The van der Waals surface area contributed by atoms with Gasteiger partial charge in [0.05, 0.1) is 0 Å². The van der Waals surface area contributed by atoms with E-state index in [4.69, 9.17) is 0 Å². The van der Waals surface area contributed by atoms with Crippen molar-refractivity contribution in [1.29, 1.82) is 0 Å². The van der Waals surface area contributed by atoms with Gasteiger partial charge < -0.3 is 14.9 Å². The topological polar surface area (TPSA) is 60.9 Å². The van der Waals surface area contributed by atoms with Gasteiger partial charge in [0, 0.05) is 19.1 Å². The Morgan fingerprint density at radius 1 is 1.29 bits per heavy atom. The van der Waals surface area contributed by atoms with Gasteiger partial charge in [0.15, 0.2) is 0 Å². The van der Waals surface area contributed by atoms with Gasteiger partial charge in [0.1, 0.15) is 6.04 Å². The molecule has 2 atom stereocenters. The number of carboxylic acids is 1. The van der Waals surface area contributed by atoms with Crippen molar-refractivity contribution in [3.05, 3.63) is 0 Å². The lowest BCUT2D eigenvalue weighted by Crippen LogP contribution is -2.55. The quantitative estimate of drug-likeness (QED) is 0.848. The summed E-state index contributed by atoms with van der Waals surface area (Å²) in [6.07, 6.45) is 4.62. The molecule has 1 heterocycles. The first kappa shape index (κ1) is 16.1. The average Bonchev–Trinajstić information content (AvgIpc) is 3.27. The van der Waals surface area contributed by atoms with E-state index in [1.165, 1.54) is 0 Å². The maximum atomic E-state index is 12.8. The van der Waals surface area contributed by atoms with Gasteiger partial charge >= 0.3 is 12.0 Å². The molecule has 1 saturated heterocycles. The highest BCUT2D eigenvalue weighted by atomic mass is 16.4. The zero-order valence-corrected chi connectivity index (χ0v) is 13.4. The van der Waals surface area contributed by atoms with Gasteiger partial charge in [0.2, 0.25) is 0 Å². The van der Waals surface area contributed by atoms with Crippen LogP contribution in [0, 0.1) is 11.8 Å². The van der Waals surface area contributed by atoms with Gasteiger partial charge in [-0.2, -0.15) is 0 Å². The first-order valence-electron chi connectivity index (χ1n) is 8.24. The number of rotatable bonds is 5. The normalized spacial score (nSPS) is 26.0. The average molecular weight is 296 g/mol. The number of piperidine rings is 1. The van der Waals surface area contributed by atoms with Gasteiger partial charge in [-0.05, 0) is 37.5 Å². The van der Waals surface area contributed by atoms with Gasteiger partial charge in [-0.25, -0.2) is 9.59 Å². The van der Waals surface area contributed by atoms with E-state index in [9.17, 15) is 14.7 Å². The maximum Gasteiger partial charge on any atom is 0.326 e. The van der Waals surface area contributed by atoms with Crippen molar-refractivity contribution >= 4 is 12.0 Å². The van der Waals surface area contributed by atoms with E-state index < -0.39 is 12.0 Å². The van der Waals surface area contributed by atoms with Crippen molar-refractivity contribution in [2.45, 2.75) is 65.0 Å². The largest absolute Gasteiger partial charge is 0.480 e. The van der Waals surface area contributed by atoms with E-state index in [1.54, 1.807) is 4.90 Å². The lowest BCUT2D eigenvalue weighted by molar-refractivity contribution is -0.144. The first-order chi connectivity index (χ1) is 9.93. The summed E-state index contributed by atoms with van der Waals surface area (Å²) < 4.78 is 0. The number of hydrogen-bond donors (Lipinski definition) is 1. The predicted octanol–water partition coefficient (Wildman–Crippen LogP) is 2.80. The summed E-state index contributed by atoms with van der Waals surface area (Å²) in [7, 11) is 0. The lowest BCUT2D eigenvalue weighted by Gasteiger charge is -2.40. The van der Waals surface area contributed by atoms with Crippen LogP contribution in [0.25, 0.3) is 0 Å². The van der Waals surface area contributed by atoms with Crippen molar-refractivity contribution in [2.24, 2.45) is 11.8 Å². The SMILES string of the molecule is CCC1CCN(C(=O)N(CC(C)C)C2CC2)C(C(=O)O)C1. The third-order valence-electron chi connectivity index (χ3n) is 4.61. The molecule has 5 heteroatoms. The summed E-state index contributed by atoms with van der Waals surface area (Å²) in [4.78, 5) is 27.9. The van der Waals surface area contributed by atoms with Crippen molar-refractivity contribution in [3.8, 4) is 0 Å². The van der Waals surface area contributed by atoms with Crippen LogP contribution in [0.3, 0.4) is 0 Å². The van der Waals surface area contributed by atoms with Crippen molar-refractivity contribution in [1.82, 2.24) is 9.80 Å². The minimum Gasteiger partial charge on any atom is -0.480 e. The molecule has 5 nitrogen and oxygen atoms in total. The zero-order valence-electron chi connectivity index (χ0n) is 13.4. The lowest BCUT2D eigenvalue weighted by atomic mass is 9.89. The summed E-state index contributed by atoms with van der Waals surface area (Å²) in [5, 5.41) is 9.48. The monoisotopic (exact) mass is 296 g/mol. The van der Waals surface area contributed by atoms with Gasteiger partial charge in [-0.15, -0.1) is 0 Å². The molecular formula is C16H28N2O3.